The Morgan fingerprint density at radius 1 is 1.50 bits per heavy atom. The Labute approximate surface area is 112 Å². The van der Waals surface area contributed by atoms with Crippen LogP contribution in [0, 0.1) is 5.92 Å². The quantitative estimate of drug-likeness (QED) is 0.797. The number of rotatable bonds is 6. The summed E-state index contributed by atoms with van der Waals surface area (Å²) in [5, 5.41) is 9.01. The minimum absolute atomic E-state index is 0.492. The second-order valence-corrected chi connectivity index (χ2v) is 4.80. The summed E-state index contributed by atoms with van der Waals surface area (Å²) in [6.45, 7) is 4.89. The number of carboxylic acid groups (broad SMARTS) is 1. The van der Waals surface area contributed by atoms with Crippen LogP contribution < -0.4 is 4.74 Å². The van der Waals surface area contributed by atoms with E-state index in [1.165, 1.54) is 6.08 Å². The van der Waals surface area contributed by atoms with Gasteiger partial charge in [-0.05, 0) is 36.1 Å². The van der Waals surface area contributed by atoms with Gasteiger partial charge in [0.1, 0.15) is 5.75 Å². The van der Waals surface area contributed by atoms with Crippen molar-refractivity contribution in [2.24, 2.45) is 5.92 Å². The molecule has 98 valence electrons. The largest absolute Gasteiger partial charge is 0.492 e. The molecular formula is C14H17ClO3. The molecule has 0 saturated carbocycles. The molecule has 0 spiro atoms. The van der Waals surface area contributed by atoms with Crippen molar-refractivity contribution in [3.8, 4) is 5.75 Å². The fourth-order valence-corrected chi connectivity index (χ4v) is 1.55. The number of benzene rings is 1. The molecule has 1 N–H and O–H groups in total. The van der Waals surface area contributed by atoms with E-state index in [1.54, 1.807) is 18.2 Å². The molecule has 0 atom stereocenters. The monoisotopic (exact) mass is 268 g/mol. The summed E-state index contributed by atoms with van der Waals surface area (Å²) < 4.78 is 5.56. The highest BCUT2D eigenvalue weighted by atomic mass is 35.5. The van der Waals surface area contributed by atoms with Gasteiger partial charge in [-0.1, -0.05) is 31.5 Å². The Bertz CT molecular complexity index is 439. The van der Waals surface area contributed by atoms with Crippen molar-refractivity contribution in [3.63, 3.8) is 0 Å². The zero-order valence-corrected chi connectivity index (χ0v) is 11.3. The number of halogens is 1. The third-order valence-electron chi connectivity index (χ3n) is 2.33. The van der Waals surface area contributed by atoms with Crippen LogP contribution in [0.4, 0.5) is 0 Å². The zero-order valence-electron chi connectivity index (χ0n) is 10.5. The first-order valence-electron chi connectivity index (χ1n) is 5.82. The van der Waals surface area contributed by atoms with E-state index >= 15 is 0 Å². The van der Waals surface area contributed by atoms with E-state index in [1.807, 2.05) is 0 Å². The van der Waals surface area contributed by atoms with Crippen LogP contribution in [-0.2, 0) is 4.79 Å². The van der Waals surface area contributed by atoms with Gasteiger partial charge in [-0.25, -0.2) is 4.79 Å². The molecular weight excluding hydrogens is 252 g/mol. The average Bonchev–Trinajstić information content (AvgIpc) is 2.28. The number of carbonyl (C=O) groups is 1. The number of hydrogen-bond donors (Lipinski definition) is 1. The van der Waals surface area contributed by atoms with Crippen LogP contribution in [0.2, 0.25) is 5.02 Å². The Balaban J connectivity index is 2.65. The molecule has 0 amide bonds. The maximum atomic E-state index is 10.4. The molecule has 3 nitrogen and oxygen atoms in total. The molecule has 0 aliphatic carbocycles. The van der Waals surface area contributed by atoms with Crippen LogP contribution in [0.1, 0.15) is 25.8 Å². The molecule has 1 aromatic carbocycles. The van der Waals surface area contributed by atoms with E-state index < -0.39 is 5.97 Å². The van der Waals surface area contributed by atoms with E-state index in [-0.39, 0.29) is 0 Å². The molecule has 0 heterocycles. The number of ether oxygens (including phenoxy) is 1. The van der Waals surface area contributed by atoms with Crippen LogP contribution in [0.5, 0.6) is 5.75 Å². The lowest BCUT2D eigenvalue weighted by Crippen LogP contribution is -2.01. The van der Waals surface area contributed by atoms with Crippen molar-refractivity contribution in [2.45, 2.75) is 20.3 Å². The molecule has 0 bridgehead atoms. The predicted molar refractivity (Wildman–Crippen MR) is 73.1 cm³/mol. The summed E-state index contributed by atoms with van der Waals surface area (Å²) in [5.41, 5.74) is 0.735. The number of carboxylic acids is 1. The van der Waals surface area contributed by atoms with Crippen LogP contribution >= 0.6 is 11.6 Å². The van der Waals surface area contributed by atoms with Crippen LogP contribution in [-0.4, -0.2) is 17.7 Å². The Morgan fingerprint density at radius 2 is 2.22 bits per heavy atom. The van der Waals surface area contributed by atoms with Crippen molar-refractivity contribution in [1.29, 1.82) is 0 Å². The molecule has 0 saturated heterocycles. The summed E-state index contributed by atoms with van der Waals surface area (Å²) >= 11 is 6.05. The summed E-state index contributed by atoms with van der Waals surface area (Å²) in [7, 11) is 0. The highest BCUT2D eigenvalue weighted by molar-refractivity contribution is 6.32. The lowest BCUT2D eigenvalue weighted by Gasteiger charge is -2.09. The van der Waals surface area contributed by atoms with Gasteiger partial charge in [0.25, 0.3) is 0 Å². The molecule has 0 aliphatic rings. The van der Waals surface area contributed by atoms with Gasteiger partial charge in [-0.2, -0.15) is 0 Å². The minimum Gasteiger partial charge on any atom is -0.492 e. The van der Waals surface area contributed by atoms with Gasteiger partial charge in [-0.15, -0.1) is 0 Å². The van der Waals surface area contributed by atoms with Gasteiger partial charge in [0, 0.05) is 6.08 Å². The van der Waals surface area contributed by atoms with Gasteiger partial charge in [-0.3, -0.25) is 0 Å². The fourth-order valence-electron chi connectivity index (χ4n) is 1.31. The van der Waals surface area contributed by atoms with Crippen LogP contribution in [0.15, 0.2) is 24.3 Å². The van der Waals surface area contributed by atoms with Gasteiger partial charge in [0.05, 0.1) is 11.6 Å². The Morgan fingerprint density at radius 3 is 2.78 bits per heavy atom. The molecule has 18 heavy (non-hydrogen) atoms. The molecule has 1 aromatic rings. The summed E-state index contributed by atoms with van der Waals surface area (Å²) in [6, 6.07) is 5.21. The molecule has 0 unspecified atom stereocenters. The molecule has 0 aliphatic heterocycles. The molecule has 1 rings (SSSR count). The van der Waals surface area contributed by atoms with Gasteiger partial charge >= 0.3 is 5.97 Å². The smallest absolute Gasteiger partial charge is 0.328 e. The zero-order chi connectivity index (χ0) is 13.5. The second kappa shape index (κ2) is 7.07. The summed E-state index contributed by atoms with van der Waals surface area (Å²) in [6.07, 6.45) is 3.54. The maximum Gasteiger partial charge on any atom is 0.328 e. The molecule has 0 aromatic heterocycles. The molecule has 0 fully saturated rings. The van der Waals surface area contributed by atoms with Crippen molar-refractivity contribution >= 4 is 23.6 Å². The van der Waals surface area contributed by atoms with Crippen molar-refractivity contribution in [3.05, 3.63) is 34.9 Å². The Hall–Kier alpha value is -1.48. The van der Waals surface area contributed by atoms with Gasteiger partial charge in [0.15, 0.2) is 0 Å². The highest BCUT2D eigenvalue weighted by Crippen LogP contribution is 2.26. The van der Waals surface area contributed by atoms with Gasteiger partial charge < -0.3 is 9.84 Å². The van der Waals surface area contributed by atoms with E-state index in [0.717, 1.165) is 18.1 Å². The van der Waals surface area contributed by atoms with Crippen LogP contribution in [0.25, 0.3) is 6.08 Å². The topological polar surface area (TPSA) is 46.5 Å². The van der Waals surface area contributed by atoms with Crippen molar-refractivity contribution in [1.82, 2.24) is 0 Å². The SMILES string of the molecule is CC(C)CCOc1ccc(C=CC(=O)O)cc1Cl. The maximum absolute atomic E-state index is 10.4. The molecule has 4 heteroatoms. The number of aliphatic carboxylic acids is 1. The highest BCUT2D eigenvalue weighted by Gasteiger charge is 2.03. The third-order valence-corrected chi connectivity index (χ3v) is 2.62. The average molecular weight is 269 g/mol. The summed E-state index contributed by atoms with van der Waals surface area (Å²) in [5.74, 6) is 0.231. The predicted octanol–water partition coefficient (Wildman–Crippen LogP) is 3.86. The summed E-state index contributed by atoms with van der Waals surface area (Å²) in [4.78, 5) is 10.4. The van der Waals surface area contributed by atoms with Gasteiger partial charge in [0.2, 0.25) is 0 Å². The van der Waals surface area contributed by atoms with E-state index in [2.05, 4.69) is 13.8 Å². The van der Waals surface area contributed by atoms with E-state index in [9.17, 15) is 4.79 Å². The van der Waals surface area contributed by atoms with E-state index in [0.29, 0.717) is 23.3 Å². The van der Waals surface area contributed by atoms with Crippen molar-refractivity contribution in [2.75, 3.05) is 6.61 Å². The fraction of sp³-hybridized carbons (Fsp3) is 0.357. The van der Waals surface area contributed by atoms with Crippen LogP contribution in [0.3, 0.4) is 0 Å². The van der Waals surface area contributed by atoms with Crippen molar-refractivity contribution < 1.29 is 14.6 Å². The normalized spacial score (nSPS) is 11.1. The third kappa shape index (κ3) is 5.23. The first kappa shape index (κ1) is 14.6. The standard InChI is InChI=1S/C14H17ClO3/c1-10(2)7-8-18-13-5-3-11(9-12(13)15)4-6-14(16)17/h3-6,9-10H,7-8H2,1-2H3,(H,16,17). The lowest BCUT2D eigenvalue weighted by atomic mass is 10.1. The minimum atomic E-state index is -0.983. The molecule has 0 radical (unpaired) electrons. The first-order chi connectivity index (χ1) is 8.49. The number of hydrogen-bond acceptors (Lipinski definition) is 2. The Kier molecular flexibility index (Phi) is 5.72. The van der Waals surface area contributed by atoms with E-state index in [4.69, 9.17) is 21.4 Å². The lowest BCUT2D eigenvalue weighted by molar-refractivity contribution is -0.131. The first-order valence-corrected chi connectivity index (χ1v) is 6.20. The second-order valence-electron chi connectivity index (χ2n) is 4.39.